The maximum atomic E-state index is 5.98. The molecule has 0 bridgehead atoms. The van der Waals surface area contributed by atoms with Crippen LogP contribution in [0.25, 0.3) is 0 Å². The second kappa shape index (κ2) is 6.19. The van der Waals surface area contributed by atoms with Crippen LogP contribution in [0, 0.1) is 5.92 Å². The number of ether oxygens (including phenoxy) is 1. The molecule has 1 N–H and O–H groups in total. The number of hydrogen-bond acceptors (Lipinski definition) is 2. The van der Waals surface area contributed by atoms with Gasteiger partial charge in [-0.05, 0) is 43.0 Å². The Morgan fingerprint density at radius 3 is 3.06 bits per heavy atom. The third kappa shape index (κ3) is 3.68. The minimum absolute atomic E-state index is 0.380. The average molecular weight is 319 g/mol. The lowest BCUT2D eigenvalue weighted by Crippen LogP contribution is -2.26. The molecule has 1 aliphatic rings. The molecule has 0 aromatic heterocycles. The van der Waals surface area contributed by atoms with Gasteiger partial charge in [0.1, 0.15) is 0 Å². The average Bonchev–Trinajstić information content (AvgIpc) is 2.70. The zero-order chi connectivity index (χ0) is 12.3. The summed E-state index contributed by atoms with van der Waals surface area (Å²) in [6.45, 7) is 4.88. The monoisotopic (exact) mass is 317 g/mol. The SMILES string of the molecule is CC1OCCC1CNCc1cc(Cl)ccc1Br. The molecule has 4 heteroatoms. The van der Waals surface area contributed by atoms with Crippen LogP contribution in [0.5, 0.6) is 0 Å². The first-order valence-electron chi connectivity index (χ1n) is 5.93. The highest BCUT2D eigenvalue weighted by Gasteiger charge is 2.23. The normalized spacial score (nSPS) is 24.2. The van der Waals surface area contributed by atoms with Crippen molar-refractivity contribution in [3.8, 4) is 0 Å². The smallest absolute Gasteiger partial charge is 0.0588 e. The molecular weight excluding hydrogens is 302 g/mol. The highest BCUT2D eigenvalue weighted by atomic mass is 79.9. The minimum atomic E-state index is 0.380. The molecule has 2 unspecified atom stereocenters. The highest BCUT2D eigenvalue weighted by molar-refractivity contribution is 9.10. The van der Waals surface area contributed by atoms with Crippen LogP contribution in [-0.4, -0.2) is 19.3 Å². The van der Waals surface area contributed by atoms with E-state index in [9.17, 15) is 0 Å². The Labute approximate surface area is 116 Å². The van der Waals surface area contributed by atoms with Crippen LogP contribution >= 0.6 is 27.5 Å². The van der Waals surface area contributed by atoms with E-state index in [0.29, 0.717) is 12.0 Å². The molecule has 0 aliphatic carbocycles. The van der Waals surface area contributed by atoms with Gasteiger partial charge < -0.3 is 10.1 Å². The second-order valence-electron chi connectivity index (χ2n) is 4.49. The number of hydrogen-bond donors (Lipinski definition) is 1. The Morgan fingerprint density at radius 2 is 2.35 bits per heavy atom. The summed E-state index contributed by atoms with van der Waals surface area (Å²) in [5.41, 5.74) is 1.20. The van der Waals surface area contributed by atoms with Gasteiger partial charge in [0.15, 0.2) is 0 Å². The summed E-state index contributed by atoms with van der Waals surface area (Å²) in [6, 6.07) is 5.87. The summed E-state index contributed by atoms with van der Waals surface area (Å²) >= 11 is 9.51. The zero-order valence-electron chi connectivity index (χ0n) is 9.88. The van der Waals surface area contributed by atoms with Gasteiger partial charge in [-0.3, -0.25) is 0 Å². The Kier molecular flexibility index (Phi) is 4.86. The maximum Gasteiger partial charge on any atom is 0.0588 e. The molecule has 2 atom stereocenters. The summed E-state index contributed by atoms with van der Waals surface area (Å²) in [5, 5.41) is 4.25. The third-order valence-electron chi connectivity index (χ3n) is 3.26. The Balaban J connectivity index is 1.83. The van der Waals surface area contributed by atoms with Crippen molar-refractivity contribution in [3.05, 3.63) is 33.3 Å². The van der Waals surface area contributed by atoms with E-state index >= 15 is 0 Å². The van der Waals surface area contributed by atoms with Crippen molar-refractivity contribution in [2.45, 2.75) is 26.0 Å². The number of benzene rings is 1. The fourth-order valence-electron chi connectivity index (χ4n) is 2.12. The van der Waals surface area contributed by atoms with Crippen LogP contribution in [0.3, 0.4) is 0 Å². The fourth-order valence-corrected chi connectivity index (χ4v) is 2.70. The fraction of sp³-hybridized carbons (Fsp3) is 0.538. The van der Waals surface area contributed by atoms with E-state index in [4.69, 9.17) is 16.3 Å². The van der Waals surface area contributed by atoms with Crippen LogP contribution < -0.4 is 5.32 Å². The van der Waals surface area contributed by atoms with Crippen molar-refractivity contribution >= 4 is 27.5 Å². The first kappa shape index (κ1) is 13.3. The van der Waals surface area contributed by atoms with Gasteiger partial charge in [-0.2, -0.15) is 0 Å². The van der Waals surface area contributed by atoms with Crippen molar-refractivity contribution in [1.82, 2.24) is 5.32 Å². The van der Waals surface area contributed by atoms with Crippen LogP contribution in [0.1, 0.15) is 18.9 Å². The predicted molar refractivity (Wildman–Crippen MR) is 74.4 cm³/mol. The molecule has 1 aliphatic heterocycles. The molecule has 2 nitrogen and oxygen atoms in total. The third-order valence-corrected chi connectivity index (χ3v) is 4.27. The van der Waals surface area contributed by atoms with Gasteiger partial charge in [-0.25, -0.2) is 0 Å². The summed E-state index contributed by atoms with van der Waals surface area (Å²) in [7, 11) is 0. The van der Waals surface area contributed by atoms with Gasteiger partial charge in [-0.15, -0.1) is 0 Å². The van der Waals surface area contributed by atoms with Crippen molar-refractivity contribution in [2.75, 3.05) is 13.2 Å². The summed E-state index contributed by atoms with van der Waals surface area (Å²) < 4.78 is 6.64. The first-order chi connectivity index (χ1) is 8.16. The van der Waals surface area contributed by atoms with Gasteiger partial charge in [0.05, 0.1) is 6.10 Å². The maximum absolute atomic E-state index is 5.98. The van der Waals surface area contributed by atoms with Crippen molar-refractivity contribution in [1.29, 1.82) is 0 Å². The van der Waals surface area contributed by atoms with E-state index < -0.39 is 0 Å². The lowest BCUT2D eigenvalue weighted by Gasteiger charge is -2.15. The summed E-state index contributed by atoms with van der Waals surface area (Å²) in [5.74, 6) is 0.632. The van der Waals surface area contributed by atoms with Gasteiger partial charge in [0.25, 0.3) is 0 Å². The molecule has 0 saturated carbocycles. The van der Waals surface area contributed by atoms with E-state index in [-0.39, 0.29) is 0 Å². The van der Waals surface area contributed by atoms with Gasteiger partial charge in [-0.1, -0.05) is 27.5 Å². The molecule has 1 saturated heterocycles. The Bertz CT molecular complexity index is 386. The largest absolute Gasteiger partial charge is 0.378 e. The molecule has 0 spiro atoms. The van der Waals surface area contributed by atoms with Crippen LogP contribution in [0.15, 0.2) is 22.7 Å². The lowest BCUT2D eigenvalue weighted by molar-refractivity contribution is 0.105. The molecule has 1 fully saturated rings. The first-order valence-corrected chi connectivity index (χ1v) is 7.10. The number of rotatable bonds is 4. The van der Waals surface area contributed by atoms with Gasteiger partial charge in [0.2, 0.25) is 0 Å². The van der Waals surface area contributed by atoms with E-state index in [1.807, 2.05) is 18.2 Å². The quantitative estimate of drug-likeness (QED) is 0.915. The van der Waals surface area contributed by atoms with E-state index in [2.05, 4.69) is 28.2 Å². The second-order valence-corrected chi connectivity index (χ2v) is 5.78. The van der Waals surface area contributed by atoms with Crippen molar-refractivity contribution < 1.29 is 4.74 Å². The van der Waals surface area contributed by atoms with Crippen molar-refractivity contribution in [3.63, 3.8) is 0 Å². The molecular formula is C13H17BrClNO. The molecule has 1 aromatic rings. The molecule has 1 aromatic carbocycles. The van der Waals surface area contributed by atoms with Gasteiger partial charge in [0, 0.05) is 29.2 Å². The molecule has 94 valence electrons. The van der Waals surface area contributed by atoms with E-state index in [1.165, 1.54) is 5.56 Å². The van der Waals surface area contributed by atoms with Crippen LogP contribution in [0.2, 0.25) is 5.02 Å². The standard InChI is InChI=1S/C13H17BrClNO/c1-9-10(4-5-17-9)7-16-8-11-6-12(15)2-3-13(11)14/h2-3,6,9-10,16H,4-5,7-8H2,1H3. The topological polar surface area (TPSA) is 21.3 Å². The molecule has 0 amide bonds. The van der Waals surface area contributed by atoms with Gasteiger partial charge >= 0.3 is 0 Å². The van der Waals surface area contributed by atoms with Crippen molar-refractivity contribution in [2.24, 2.45) is 5.92 Å². The molecule has 17 heavy (non-hydrogen) atoms. The predicted octanol–water partition coefficient (Wildman–Crippen LogP) is 3.62. The molecule has 2 rings (SSSR count). The van der Waals surface area contributed by atoms with E-state index in [0.717, 1.165) is 35.6 Å². The van der Waals surface area contributed by atoms with Crippen LogP contribution in [-0.2, 0) is 11.3 Å². The summed E-state index contributed by atoms with van der Waals surface area (Å²) in [6.07, 6.45) is 1.54. The number of nitrogens with one attached hydrogen (secondary N) is 1. The number of halogens is 2. The van der Waals surface area contributed by atoms with Crippen LogP contribution in [0.4, 0.5) is 0 Å². The highest BCUT2D eigenvalue weighted by Crippen LogP contribution is 2.22. The lowest BCUT2D eigenvalue weighted by atomic mass is 10.0. The zero-order valence-corrected chi connectivity index (χ0v) is 12.2. The Morgan fingerprint density at radius 1 is 1.53 bits per heavy atom. The minimum Gasteiger partial charge on any atom is -0.378 e. The van der Waals surface area contributed by atoms with E-state index in [1.54, 1.807) is 0 Å². The Hall–Kier alpha value is -0.0900. The molecule has 0 radical (unpaired) electrons. The molecule has 1 heterocycles. The summed E-state index contributed by atoms with van der Waals surface area (Å²) in [4.78, 5) is 0.